The lowest BCUT2D eigenvalue weighted by Crippen LogP contribution is -2.05. The van der Waals surface area contributed by atoms with Gasteiger partial charge in [-0.25, -0.2) is 0 Å². The molecule has 0 aromatic rings. The molecule has 0 aromatic carbocycles. The molecule has 1 saturated carbocycles. The molecule has 0 saturated heterocycles. The SMILES string of the molecule is BrC(Br)CC1CCCCCCCCCCC1. The van der Waals surface area contributed by atoms with Crippen LogP contribution >= 0.6 is 31.9 Å². The first-order valence-electron chi connectivity index (χ1n) is 7.07. The Morgan fingerprint density at radius 3 is 1.44 bits per heavy atom. The second-order valence-electron chi connectivity index (χ2n) is 5.25. The van der Waals surface area contributed by atoms with Crippen LogP contribution in [0, 0.1) is 5.92 Å². The summed E-state index contributed by atoms with van der Waals surface area (Å²) in [6.45, 7) is 0. The van der Waals surface area contributed by atoms with Crippen LogP contribution in [-0.4, -0.2) is 3.74 Å². The number of hydrogen-bond donors (Lipinski definition) is 0. The molecule has 16 heavy (non-hydrogen) atoms. The van der Waals surface area contributed by atoms with Crippen LogP contribution in [0.5, 0.6) is 0 Å². The van der Waals surface area contributed by atoms with Crippen LogP contribution in [0.15, 0.2) is 0 Å². The smallest absolute Gasteiger partial charge is 0.0700 e. The molecule has 0 nitrogen and oxygen atoms in total. The van der Waals surface area contributed by atoms with Crippen LogP contribution in [0.2, 0.25) is 0 Å². The van der Waals surface area contributed by atoms with Gasteiger partial charge in [0.2, 0.25) is 0 Å². The summed E-state index contributed by atoms with van der Waals surface area (Å²) in [5, 5.41) is 0. The minimum absolute atomic E-state index is 0.526. The summed E-state index contributed by atoms with van der Waals surface area (Å²) in [6.07, 6.45) is 17.4. The molecule has 1 rings (SSSR count). The molecule has 1 aliphatic carbocycles. The fraction of sp³-hybridized carbons (Fsp3) is 1.00. The van der Waals surface area contributed by atoms with E-state index in [2.05, 4.69) is 31.9 Å². The molecule has 0 amide bonds. The predicted octanol–water partition coefficient (Wildman–Crippen LogP) is 6.41. The van der Waals surface area contributed by atoms with Crippen molar-refractivity contribution in [2.24, 2.45) is 5.92 Å². The summed E-state index contributed by atoms with van der Waals surface area (Å²) in [5.41, 5.74) is 0. The summed E-state index contributed by atoms with van der Waals surface area (Å²) < 4.78 is 0.526. The zero-order valence-electron chi connectivity index (χ0n) is 10.4. The first-order valence-corrected chi connectivity index (χ1v) is 8.90. The van der Waals surface area contributed by atoms with Crippen LogP contribution in [-0.2, 0) is 0 Å². The predicted molar refractivity (Wildman–Crippen MR) is 80.5 cm³/mol. The topological polar surface area (TPSA) is 0 Å². The van der Waals surface area contributed by atoms with Crippen LogP contribution < -0.4 is 0 Å². The third-order valence-electron chi connectivity index (χ3n) is 3.74. The van der Waals surface area contributed by atoms with Gasteiger partial charge in [0.15, 0.2) is 0 Å². The lowest BCUT2D eigenvalue weighted by atomic mass is 9.91. The summed E-state index contributed by atoms with van der Waals surface area (Å²) in [4.78, 5) is 0. The molecule has 0 aromatic heterocycles. The first kappa shape index (κ1) is 15.0. The van der Waals surface area contributed by atoms with E-state index in [4.69, 9.17) is 0 Å². The Bertz CT molecular complexity index is 145. The van der Waals surface area contributed by atoms with Gasteiger partial charge in [-0.15, -0.1) is 0 Å². The Morgan fingerprint density at radius 2 is 1.06 bits per heavy atom. The zero-order chi connectivity index (χ0) is 11.6. The van der Waals surface area contributed by atoms with E-state index in [1.54, 1.807) is 0 Å². The van der Waals surface area contributed by atoms with E-state index < -0.39 is 0 Å². The average molecular weight is 354 g/mol. The third-order valence-corrected chi connectivity index (χ3v) is 4.48. The van der Waals surface area contributed by atoms with Crippen molar-refractivity contribution in [2.45, 2.75) is 80.8 Å². The molecule has 1 fully saturated rings. The zero-order valence-corrected chi connectivity index (χ0v) is 13.6. The molecular formula is C14H26Br2. The minimum atomic E-state index is 0.526. The number of hydrogen-bond acceptors (Lipinski definition) is 0. The number of alkyl halides is 2. The fourth-order valence-corrected chi connectivity index (χ4v) is 3.79. The van der Waals surface area contributed by atoms with Gasteiger partial charge in [-0.2, -0.15) is 0 Å². The maximum absolute atomic E-state index is 3.63. The Morgan fingerprint density at radius 1 is 0.688 bits per heavy atom. The molecule has 0 atom stereocenters. The van der Waals surface area contributed by atoms with Crippen molar-refractivity contribution in [2.75, 3.05) is 0 Å². The van der Waals surface area contributed by atoms with Crippen LogP contribution in [0.4, 0.5) is 0 Å². The van der Waals surface area contributed by atoms with E-state index in [0.29, 0.717) is 3.74 Å². The van der Waals surface area contributed by atoms with Gasteiger partial charge in [0.25, 0.3) is 0 Å². The highest BCUT2D eigenvalue weighted by Crippen LogP contribution is 2.28. The van der Waals surface area contributed by atoms with Gasteiger partial charge in [0.1, 0.15) is 0 Å². The molecule has 1 aliphatic rings. The second kappa shape index (κ2) is 9.94. The summed E-state index contributed by atoms with van der Waals surface area (Å²) >= 11 is 7.27. The van der Waals surface area contributed by atoms with Crippen molar-refractivity contribution in [3.05, 3.63) is 0 Å². The summed E-state index contributed by atoms with van der Waals surface area (Å²) in [5.74, 6) is 0.947. The van der Waals surface area contributed by atoms with Crippen molar-refractivity contribution in [1.82, 2.24) is 0 Å². The quantitative estimate of drug-likeness (QED) is 0.503. The largest absolute Gasteiger partial charge is 0.0765 e. The highest BCUT2D eigenvalue weighted by molar-refractivity contribution is 9.24. The molecule has 0 bridgehead atoms. The van der Waals surface area contributed by atoms with Gasteiger partial charge >= 0.3 is 0 Å². The minimum Gasteiger partial charge on any atom is -0.0765 e. The Balaban J connectivity index is 2.24. The van der Waals surface area contributed by atoms with Crippen LogP contribution in [0.1, 0.15) is 77.0 Å². The lowest BCUT2D eigenvalue weighted by Gasteiger charge is -2.18. The van der Waals surface area contributed by atoms with E-state index in [-0.39, 0.29) is 0 Å². The summed E-state index contributed by atoms with van der Waals surface area (Å²) in [7, 11) is 0. The second-order valence-corrected chi connectivity index (χ2v) is 8.69. The molecule has 0 aliphatic heterocycles. The highest BCUT2D eigenvalue weighted by Gasteiger charge is 2.12. The van der Waals surface area contributed by atoms with Gasteiger partial charge in [0, 0.05) is 0 Å². The Hall–Kier alpha value is 0.960. The molecule has 0 unspecified atom stereocenters. The molecule has 2 heteroatoms. The highest BCUT2D eigenvalue weighted by atomic mass is 79.9. The van der Waals surface area contributed by atoms with Gasteiger partial charge in [-0.3, -0.25) is 0 Å². The standard InChI is InChI=1S/C14H26Br2/c15-14(16)12-13-10-8-6-4-2-1-3-5-7-9-11-13/h13-14H,1-12H2. The number of rotatable bonds is 2. The maximum Gasteiger partial charge on any atom is 0.0700 e. The maximum atomic E-state index is 3.63. The Kier molecular flexibility index (Phi) is 9.33. The monoisotopic (exact) mass is 352 g/mol. The van der Waals surface area contributed by atoms with Crippen LogP contribution in [0.3, 0.4) is 0 Å². The van der Waals surface area contributed by atoms with Crippen molar-refractivity contribution in [3.63, 3.8) is 0 Å². The van der Waals surface area contributed by atoms with Gasteiger partial charge in [0.05, 0.1) is 3.74 Å². The van der Waals surface area contributed by atoms with Gasteiger partial charge in [-0.1, -0.05) is 102 Å². The molecule has 0 spiro atoms. The fourth-order valence-electron chi connectivity index (χ4n) is 2.74. The molecule has 0 radical (unpaired) electrons. The Labute approximate surface area is 118 Å². The van der Waals surface area contributed by atoms with E-state index in [1.165, 1.54) is 77.0 Å². The van der Waals surface area contributed by atoms with E-state index >= 15 is 0 Å². The van der Waals surface area contributed by atoms with Crippen molar-refractivity contribution in [1.29, 1.82) is 0 Å². The molecule has 96 valence electrons. The van der Waals surface area contributed by atoms with Crippen molar-refractivity contribution < 1.29 is 0 Å². The number of halogens is 2. The molecule has 0 N–H and O–H groups in total. The third kappa shape index (κ3) is 8.11. The van der Waals surface area contributed by atoms with E-state index in [9.17, 15) is 0 Å². The van der Waals surface area contributed by atoms with Crippen molar-refractivity contribution in [3.8, 4) is 0 Å². The van der Waals surface area contributed by atoms with E-state index in [1.807, 2.05) is 0 Å². The summed E-state index contributed by atoms with van der Waals surface area (Å²) in [6, 6.07) is 0. The average Bonchev–Trinajstić information content (AvgIpc) is 2.21. The normalized spacial score (nSPS) is 22.7. The van der Waals surface area contributed by atoms with Gasteiger partial charge < -0.3 is 0 Å². The van der Waals surface area contributed by atoms with Gasteiger partial charge in [-0.05, 0) is 12.3 Å². The van der Waals surface area contributed by atoms with E-state index in [0.717, 1.165) is 5.92 Å². The molecular weight excluding hydrogens is 328 g/mol. The van der Waals surface area contributed by atoms with Crippen LogP contribution in [0.25, 0.3) is 0 Å². The first-order chi connectivity index (χ1) is 7.79. The molecule has 0 heterocycles. The lowest BCUT2D eigenvalue weighted by molar-refractivity contribution is 0.385. The van der Waals surface area contributed by atoms with Crippen molar-refractivity contribution >= 4 is 31.9 Å².